The third-order valence-electron chi connectivity index (χ3n) is 4.51. The molecule has 0 bridgehead atoms. The van der Waals surface area contributed by atoms with Crippen LogP contribution in [0.3, 0.4) is 0 Å². The SMILES string of the molecule is CCN(CC)C(CNC(=O)/C=C/c1ccc(OC)cc1OC)c1ccsc1. The number of methoxy groups -OCH3 is 2. The fraction of sp³-hybridized carbons (Fsp3) is 0.381. The highest BCUT2D eigenvalue weighted by molar-refractivity contribution is 7.07. The number of carbonyl (C=O) groups is 1. The van der Waals surface area contributed by atoms with E-state index in [-0.39, 0.29) is 11.9 Å². The van der Waals surface area contributed by atoms with Crippen molar-refractivity contribution in [2.75, 3.05) is 33.9 Å². The van der Waals surface area contributed by atoms with E-state index in [1.807, 2.05) is 12.1 Å². The first kappa shape index (κ1) is 21.0. The van der Waals surface area contributed by atoms with Crippen LogP contribution < -0.4 is 14.8 Å². The molecule has 2 aromatic rings. The minimum atomic E-state index is -0.125. The van der Waals surface area contributed by atoms with E-state index in [0.717, 1.165) is 18.7 Å². The molecule has 2 rings (SSSR count). The van der Waals surface area contributed by atoms with Gasteiger partial charge in [-0.15, -0.1) is 0 Å². The number of ether oxygens (including phenoxy) is 2. The van der Waals surface area contributed by atoms with E-state index < -0.39 is 0 Å². The van der Waals surface area contributed by atoms with Gasteiger partial charge in [0.15, 0.2) is 0 Å². The van der Waals surface area contributed by atoms with E-state index in [9.17, 15) is 4.79 Å². The molecule has 146 valence electrons. The first-order valence-corrected chi connectivity index (χ1v) is 10.0. The molecule has 0 fully saturated rings. The second-order valence-electron chi connectivity index (χ2n) is 5.98. The third-order valence-corrected chi connectivity index (χ3v) is 5.21. The van der Waals surface area contributed by atoms with Crippen molar-refractivity contribution in [3.8, 4) is 11.5 Å². The predicted octanol–water partition coefficient (Wildman–Crippen LogP) is 3.98. The Kier molecular flexibility index (Phi) is 8.36. The molecule has 1 heterocycles. The van der Waals surface area contributed by atoms with E-state index in [2.05, 4.69) is 40.9 Å². The normalized spacial score (nSPS) is 12.3. The molecule has 1 amide bonds. The maximum Gasteiger partial charge on any atom is 0.244 e. The van der Waals surface area contributed by atoms with Crippen molar-refractivity contribution in [1.29, 1.82) is 0 Å². The van der Waals surface area contributed by atoms with Gasteiger partial charge in [-0.25, -0.2) is 0 Å². The van der Waals surface area contributed by atoms with Crippen LogP contribution in [0.25, 0.3) is 6.08 Å². The molecule has 5 nitrogen and oxygen atoms in total. The summed E-state index contributed by atoms with van der Waals surface area (Å²) in [6.07, 6.45) is 3.29. The van der Waals surface area contributed by atoms with Crippen molar-refractivity contribution >= 4 is 23.3 Å². The van der Waals surface area contributed by atoms with Crippen molar-refractivity contribution in [3.63, 3.8) is 0 Å². The quantitative estimate of drug-likeness (QED) is 0.626. The molecule has 0 saturated heterocycles. The van der Waals surface area contributed by atoms with Crippen LogP contribution in [0.5, 0.6) is 11.5 Å². The van der Waals surface area contributed by atoms with Gasteiger partial charge in [-0.05, 0) is 53.7 Å². The Morgan fingerprint density at radius 1 is 1.22 bits per heavy atom. The van der Waals surface area contributed by atoms with Gasteiger partial charge in [-0.3, -0.25) is 9.69 Å². The average molecular weight is 389 g/mol. The smallest absolute Gasteiger partial charge is 0.244 e. The number of nitrogens with zero attached hydrogens (tertiary/aromatic N) is 1. The second-order valence-corrected chi connectivity index (χ2v) is 6.76. The van der Waals surface area contributed by atoms with Gasteiger partial charge in [0.05, 0.1) is 20.3 Å². The standard InChI is InChI=1S/C21H28N2O3S/c1-5-23(6-2)19(17-11-12-27-15-17)14-22-21(24)10-8-16-7-9-18(25-3)13-20(16)26-4/h7-13,15,19H,5-6,14H2,1-4H3,(H,22,24)/b10-8+. The zero-order valence-corrected chi connectivity index (χ0v) is 17.2. The van der Waals surface area contributed by atoms with Crippen molar-refractivity contribution in [2.45, 2.75) is 19.9 Å². The lowest BCUT2D eigenvalue weighted by atomic mass is 10.1. The summed E-state index contributed by atoms with van der Waals surface area (Å²) >= 11 is 1.68. The van der Waals surface area contributed by atoms with Gasteiger partial charge in [0.2, 0.25) is 5.91 Å². The summed E-state index contributed by atoms with van der Waals surface area (Å²) in [5, 5.41) is 7.24. The molecular formula is C21H28N2O3S. The fourth-order valence-electron chi connectivity index (χ4n) is 2.96. The topological polar surface area (TPSA) is 50.8 Å². The van der Waals surface area contributed by atoms with Crippen LogP contribution in [0.4, 0.5) is 0 Å². The highest BCUT2D eigenvalue weighted by Gasteiger charge is 2.18. The molecule has 1 atom stereocenters. The number of hydrogen-bond acceptors (Lipinski definition) is 5. The van der Waals surface area contributed by atoms with Crippen molar-refractivity contribution in [2.24, 2.45) is 0 Å². The average Bonchev–Trinajstić information content (AvgIpc) is 3.23. The van der Waals surface area contributed by atoms with E-state index in [1.165, 1.54) is 11.6 Å². The molecule has 6 heteroatoms. The Balaban J connectivity index is 2.03. The number of benzene rings is 1. The molecule has 27 heavy (non-hydrogen) atoms. The van der Waals surface area contributed by atoms with E-state index in [4.69, 9.17) is 9.47 Å². The van der Waals surface area contributed by atoms with E-state index >= 15 is 0 Å². The zero-order chi connectivity index (χ0) is 19.6. The van der Waals surface area contributed by atoms with Gasteiger partial charge >= 0.3 is 0 Å². The molecule has 0 aliphatic heterocycles. The summed E-state index contributed by atoms with van der Waals surface area (Å²) < 4.78 is 10.6. The number of amides is 1. The Morgan fingerprint density at radius 3 is 2.59 bits per heavy atom. The van der Waals surface area contributed by atoms with Gasteiger partial charge in [0, 0.05) is 24.3 Å². The Morgan fingerprint density at radius 2 is 2.00 bits per heavy atom. The predicted molar refractivity (Wildman–Crippen MR) is 112 cm³/mol. The monoisotopic (exact) mass is 388 g/mol. The molecule has 0 radical (unpaired) electrons. The number of nitrogens with one attached hydrogen (secondary N) is 1. The summed E-state index contributed by atoms with van der Waals surface area (Å²) in [5.74, 6) is 1.25. The largest absolute Gasteiger partial charge is 0.497 e. The van der Waals surface area contributed by atoms with Crippen LogP contribution in [0.15, 0.2) is 41.1 Å². The van der Waals surface area contributed by atoms with E-state index in [0.29, 0.717) is 18.0 Å². The van der Waals surface area contributed by atoms with Crippen LogP contribution in [-0.4, -0.2) is 44.7 Å². The van der Waals surface area contributed by atoms with E-state index in [1.54, 1.807) is 37.7 Å². The van der Waals surface area contributed by atoms with Crippen LogP contribution >= 0.6 is 11.3 Å². The summed E-state index contributed by atoms with van der Waals surface area (Å²) in [4.78, 5) is 14.7. The molecule has 1 N–H and O–H groups in total. The summed E-state index contributed by atoms with van der Waals surface area (Å²) in [6.45, 7) is 6.72. The molecule has 1 aromatic carbocycles. The van der Waals surface area contributed by atoms with Gasteiger partial charge in [-0.2, -0.15) is 11.3 Å². The molecule has 0 aliphatic carbocycles. The Hall–Kier alpha value is -2.31. The molecule has 1 aromatic heterocycles. The molecular weight excluding hydrogens is 360 g/mol. The second kappa shape index (κ2) is 10.7. The Labute approximate surface area is 165 Å². The number of thiophene rings is 1. The van der Waals surface area contributed by atoms with Crippen LogP contribution in [0.1, 0.15) is 31.0 Å². The zero-order valence-electron chi connectivity index (χ0n) is 16.4. The first-order chi connectivity index (χ1) is 13.1. The van der Waals surface area contributed by atoms with Crippen LogP contribution in [-0.2, 0) is 4.79 Å². The molecule has 0 spiro atoms. The van der Waals surface area contributed by atoms with Gasteiger partial charge in [0.25, 0.3) is 0 Å². The summed E-state index contributed by atoms with van der Waals surface area (Å²) in [7, 11) is 3.21. The maximum absolute atomic E-state index is 12.3. The lowest BCUT2D eigenvalue weighted by Crippen LogP contribution is -2.37. The lowest BCUT2D eigenvalue weighted by molar-refractivity contribution is -0.116. The number of rotatable bonds is 10. The van der Waals surface area contributed by atoms with Crippen LogP contribution in [0.2, 0.25) is 0 Å². The van der Waals surface area contributed by atoms with Crippen molar-refractivity contribution in [3.05, 3.63) is 52.2 Å². The van der Waals surface area contributed by atoms with Gasteiger partial charge < -0.3 is 14.8 Å². The number of hydrogen-bond donors (Lipinski definition) is 1. The number of carbonyl (C=O) groups excluding carboxylic acids is 1. The maximum atomic E-state index is 12.3. The van der Waals surface area contributed by atoms with Crippen LogP contribution in [0, 0.1) is 0 Å². The summed E-state index contributed by atoms with van der Waals surface area (Å²) in [5.41, 5.74) is 2.07. The summed E-state index contributed by atoms with van der Waals surface area (Å²) in [6, 6.07) is 7.81. The minimum absolute atomic E-state index is 0.125. The number of likely N-dealkylation sites (N-methyl/N-ethyl adjacent to an activating group) is 1. The van der Waals surface area contributed by atoms with Gasteiger partial charge in [-0.1, -0.05) is 13.8 Å². The molecule has 0 aliphatic rings. The van der Waals surface area contributed by atoms with Crippen molar-refractivity contribution in [1.82, 2.24) is 10.2 Å². The fourth-order valence-corrected chi connectivity index (χ4v) is 3.67. The Bertz CT molecular complexity index is 740. The van der Waals surface area contributed by atoms with Crippen molar-refractivity contribution < 1.29 is 14.3 Å². The lowest BCUT2D eigenvalue weighted by Gasteiger charge is -2.29. The molecule has 1 unspecified atom stereocenters. The highest BCUT2D eigenvalue weighted by atomic mass is 32.1. The van der Waals surface area contributed by atoms with Gasteiger partial charge in [0.1, 0.15) is 11.5 Å². The highest BCUT2D eigenvalue weighted by Crippen LogP contribution is 2.25. The third kappa shape index (κ3) is 5.84. The first-order valence-electron chi connectivity index (χ1n) is 9.07. The minimum Gasteiger partial charge on any atom is -0.497 e. The molecule has 0 saturated carbocycles.